The van der Waals surface area contributed by atoms with Gasteiger partial charge in [0.25, 0.3) is 0 Å². The van der Waals surface area contributed by atoms with Gasteiger partial charge in [-0.3, -0.25) is 9.59 Å². The van der Waals surface area contributed by atoms with Crippen LogP contribution in [0.3, 0.4) is 0 Å². The molecular formula is C29H22O2. The van der Waals surface area contributed by atoms with Gasteiger partial charge in [-0.1, -0.05) is 109 Å². The second kappa shape index (κ2) is 7.81. The summed E-state index contributed by atoms with van der Waals surface area (Å²) in [6, 6.07) is 35.1. The summed E-state index contributed by atoms with van der Waals surface area (Å²) in [6.07, 6.45) is 0.507. The van der Waals surface area contributed by atoms with Gasteiger partial charge < -0.3 is 0 Å². The van der Waals surface area contributed by atoms with E-state index in [1.807, 2.05) is 84.9 Å². The lowest BCUT2D eigenvalue weighted by atomic mass is 9.69. The van der Waals surface area contributed by atoms with E-state index in [0.29, 0.717) is 11.1 Å². The molecule has 31 heavy (non-hydrogen) atoms. The zero-order valence-corrected chi connectivity index (χ0v) is 17.1. The lowest BCUT2D eigenvalue weighted by molar-refractivity contribution is 0.0918. The van der Waals surface area contributed by atoms with E-state index in [1.54, 1.807) is 0 Å². The van der Waals surface area contributed by atoms with Crippen molar-refractivity contribution in [1.29, 1.82) is 0 Å². The maximum atomic E-state index is 13.4. The first-order valence-electron chi connectivity index (χ1n) is 10.5. The molecule has 0 saturated heterocycles. The standard InChI is InChI=1S/C29H22O2/c30-27(21-11-3-1-4-12-21)19-29(20-28(31)22-13-5-2-6-14-22)25-17-9-7-15-23(25)24-16-8-10-18-26(24)29/h1-18H,19-20H2. The molecule has 0 aliphatic heterocycles. The third-order valence-corrected chi connectivity index (χ3v) is 6.29. The second-order valence-electron chi connectivity index (χ2n) is 8.11. The van der Waals surface area contributed by atoms with E-state index < -0.39 is 5.41 Å². The number of ketones is 2. The van der Waals surface area contributed by atoms with Gasteiger partial charge in [-0.05, 0) is 22.3 Å². The van der Waals surface area contributed by atoms with Crippen LogP contribution in [0.15, 0.2) is 109 Å². The Labute approximate surface area is 182 Å². The second-order valence-corrected chi connectivity index (χ2v) is 8.11. The molecule has 0 N–H and O–H groups in total. The van der Waals surface area contributed by atoms with Gasteiger partial charge in [-0.15, -0.1) is 0 Å². The maximum absolute atomic E-state index is 13.4. The summed E-state index contributed by atoms with van der Waals surface area (Å²) in [4.78, 5) is 26.9. The molecule has 5 rings (SSSR count). The van der Waals surface area contributed by atoms with Crippen LogP contribution in [0.25, 0.3) is 11.1 Å². The Kier molecular flexibility index (Phi) is 4.83. The molecule has 0 radical (unpaired) electrons. The molecule has 1 aliphatic carbocycles. The van der Waals surface area contributed by atoms with Crippen molar-refractivity contribution in [3.05, 3.63) is 131 Å². The summed E-state index contributed by atoms with van der Waals surface area (Å²) in [7, 11) is 0. The zero-order chi connectivity index (χ0) is 21.3. The topological polar surface area (TPSA) is 34.1 Å². The average Bonchev–Trinajstić information content (AvgIpc) is 3.10. The predicted octanol–water partition coefficient (Wildman–Crippen LogP) is 6.50. The first-order chi connectivity index (χ1) is 15.2. The highest BCUT2D eigenvalue weighted by molar-refractivity contribution is 6.02. The Morgan fingerprint density at radius 1 is 0.484 bits per heavy atom. The monoisotopic (exact) mass is 402 g/mol. The van der Waals surface area contributed by atoms with Gasteiger partial charge in [0.1, 0.15) is 0 Å². The minimum atomic E-state index is -0.687. The Morgan fingerprint density at radius 2 is 0.839 bits per heavy atom. The van der Waals surface area contributed by atoms with Crippen molar-refractivity contribution in [2.75, 3.05) is 0 Å². The van der Waals surface area contributed by atoms with Crippen molar-refractivity contribution in [2.45, 2.75) is 18.3 Å². The molecule has 0 spiro atoms. The number of Topliss-reactive ketones (excluding diaryl/α,β-unsaturated/α-hetero) is 2. The van der Waals surface area contributed by atoms with Gasteiger partial charge in [0.05, 0.1) is 0 Å². The average molecular weight is 402 g/mol. The smallest absolute Gasteiger partial charge is 0.164 e. The van der Waals surface area contributed by atoms with E-state index in [4.69, 9.17) is 0 Å². The fraction of sp³-hybridized carbons (Fsp3) is 0.103. The molecule has 1 aliphatic rings. The van der Waals surface area contributed by atoms with Crippen LogP contribution in [0, 0.1) is 0 Å². The van der Waals surface area contributed by atoms with Crippen molar-refractivity contribution >= 4 is 11.6 Å². The number of hydrogen-bond donors (Lipinski definition) is 0. The van der Waals surface area contributed by atoms with E-state index >= 15 is 0 Å². The van der Waals surface area contributed by atoms with Crippen molar-refractivity contribution in [3.8, 4) is 11.1 Å². The summed E-state index contributed by atoms with van der Waals surface area (Å²) in [5.74, 6) is 0.0981. The van der Waals surface area contributed by atoms with Gasteiger partial charge in [-0.2, -0.15) is 0 Å². The van der Waals surface area contributed by atoms with Crippen LogP contribution in [-0.4, -0.2) is 11.6 Å². The molecule has 150 valence electrons. The molecule has 0 fully saturated rings. The molecule has 0 amide bonds. The van der Waals surface area contributed by atoms with E-state index in [1.165, 1.54) is 0 Å². The molecule has 2 heteroatoms. The van der Waals surface area contributed by atoms with Crippen LogP contribution in [0.2, 0.25) is 0 Å². The van der Waals surface area contributed by atoms with Crippen LogP contribution in [-0.2, 0) is 5.41 Å². The van der Waals surface area contributed by atoms with Crippen molar-refractivity contribution < 1.29 is 9.59 Å². The maximum Gasteiger partial charge on any atom is 0.164 e. The van der Waals surface area contributed by atoms with Crippen LogP contribution in [0.4, 0.5) is 0 Å². The van der Waals surface area contributed by atoms with Gasteiger partial charge in [-0.25, -0.2) is 0 Å². The number of hydrogen-bond acceptors (Lipinski definition) is 2. The predicted molar refractivity (Wildman–Crippen MR) is 123 cm³/mol. The van der Waals surface area contributed by atoms with Gasteiger partial charge in [0.15, 0.2) is 11.6 Å². The molecule has 0 unspecified atom stereocenters. The molecule has 4 aromatic rings. The Hall–Kier alpha value is -3.78. The summed E-state index contributed by atoms with van der Waals surface area (Å²) >= 11 is 0. The van der Waals surface area contributed by atoms with Gasteiger partial charge in [0, 0.05) is 29.4 Å². The molecule has 0 saturated carbocycles. The largest absolute Gasteiger partial charge is 0.294 e. The highest BCUT2D eigenvalue weighted by atomic mass is 16.1. The number of benzene rings is 4. The SMILES string of the molecule is O=C(CC1(CC(=O)c2ccccc2)c2ccccc2-c2ccccc21)c1ccccc1. The normalized spacial score (nSPS) is 13.3. The van der Waals surface area contributed by atoms with E-state index in [2.05, 4.69) is 24.3 Å². The van der Waals surface area contributed by atoms with Crippen molar-refractivity contribution in [1.82, 2.24) is 0 Å². The molecule has 0 aromatic heterocycles. The van der Waals surface area contributed by atoms with Crippen LogP contribution >= 0.6 is 0 Å². The fourth-order valence-corrected chi connectivity index (χ4v) is 4.86. The lowest BCUT2D eigenvalue weighted by Gasteiger charge is -2.31. The van der Waals surface area contributed by atoms with Gasteiger partial charge in [0.2, 0.25) is 0 Å². The number of carbonyl (C=O) groups is 2. The highest BCUT2D eigenvalue weighted by Crippen LogP contribution is 2.53. The van der Waals surface area contributed by atoms with E-state index in [-0.39, 0.29) is 24.4 Å². The quantitative estimate of drug-likeness (QED) is 0.345. The summed E-state index contributed by atoms with van der Waals surface area (Å²) in [5.41, 5.74) is 5.01. The molecule has 4 aromatic carbocycles. The van der Waals surface area contributed by atoms with Crippen LogP contribution < -0.4 is 0 Å². The zero-order valence-electron chi connectivity index (χ0n) is 17.1. The Bertz CT molecular complexity index is 1160. The summed E-state index contributed by atoms with van der Waals surface area (Å²) in [6.45, 7) is 0. The van der Waals surface area contributed by atoms with Gasteiger partial charge >= 0.3 is 0 Å². The molecule has 2 nitrogen and oxygen atoms in total. The Balaban J connectivity index is 1.67. The first kappa shape index (κ1) is 19.2. The highest BCUT2D eigenvalue weighted by Gasteiger charge is 2.45. The molecule has 0 atom stereocenters. The minimum Gasteiger partial charge on any atom is -0.294 e. The van der Waals surface area contributed by atoms with Crippen LogP contribution in [0.5, 0.6) is 0 Å². The van der Waals surface area contributed by atoms with E-state index in [0.717, 1.165) is 22.3 Å². The first-order valence-corrected chi connectivity index (χ1v) is 10.5. The van der Waals surface area contributed by atoms with E-state index in [9.17, 15) is 9.59 Å². The third-order valence-electron chi connectivity index (χ3n) is 6.29. The fourth-order valence-electron chi connectivity index (χ4n) is 4.86. The summed E-state index contributed by atoms with van der Waals surface area (Å²) in [5, 5.41) is 0. The minimum absolute atomic E-state index is 0.0490. The molecule has 0 heterocycles. The van der Waals surface area contributed by atoms with Crippen molar-refractivity contribution in [2.24, 2.45) is 0 Å². The summed E-state index contributed by atoms with van der Waals surface area (Å²) < 4.78 is 0. The number of rotatable bonds is 6. The van der Waals surface area contributed by atoms with Crippen molar-refractivity contribution in [3.63, 3.8) is 0 Å². The molecule has 0 bridgehead atoms. The third kappa shape index (κ3) is 3.30. The molecular weight excluding hydrogens is 380 g/mol. The Morgan fingerprint density at radius 3 is 1.26 bits per heavy atom. The number of carbonyl (C=O) groups excluding carboxylic acids is 2. The lowest BCUT2D eigenvalue weighted by Crippen LogP contribution is -2.32. The number of fused-ring (bicyclic) bond motifs is 3. The van der Waals surface area contributed by atoms with Crippen LogP contribution in [0.1, 0.15) is 44.7 Å².